The first-order valence-corrected chi connectivity index (χ1v) is 2.12. The highest BCUT2D eigenvalue weighted by molar-refractivity contribution is 5.81. The maximum atomic E-state index is 10.0. The lowest BCUT2D eigenvalue weighted by atomic mass is 10.6. The van der Waals surface area contributed by atoms with Gasteiger partial charge in [0, 0.05) is 6.92 Å². The van der Waals surface area contributed by atoms with Crippen LogP contribution in [0, 0.1) is 0 Å². The molecule has 0 bridgehead atoms. The second-order valence-corrected chi connectivity index (χ2v) is 1.33. The van der Waals surface area contributed by atoms with Gasteiger partial charge in [0.2, 0.25) is 5.91 Å². The highest BCUT2D eigenvalue weighted by Gasteiger charge is 1.93. The molecule has 0 aliphatic rings. The average molecular weight is 115 g/mol. The summed E-state index contributed by atoms with van der Waals surface area (Å²) in [5, 5.41) is 2.17. The zero-order chi connectivity index (χ0) is 6.57. The molecular formula is C4H7N2O2. The van der Waals surface area contributed by atoms with Crippen molar-refractivity contribution in [1.29, 1.82) is 0 Å². The smallest absolute Gasteiger partial charge is 0.257 e. The minimum absolute atomic E-state index is 0.185. The number of hydrogen-bond acceptors (Lipinski definition) is 2. The van der Waals surface area contributed by atoms with Gasteiger partial charge in [-0.3, -0.25) is 15.3 Å². The van der Waals surface area contributed by atoms with E-state index in [2.05, 4.69) is 5.32 Å². The first-order valence-electron chi connectivity index (χ1n) is 2.12. The molecule has 0 atom stereocenters. The topological polar surface area (TPSA) is 70.0 Å². The molecule has 0 aromatic rings. The van der Waals surface area contributed by atoms with Gasteiger partial charge in [-0.15, -0.1) is 0 Å². The summed E-state index contributed by atoms with van der Waals surface area (Å²) in [6.45, 7) is 1.11. The van der Waals surface area contributed by atoms with Gasteiger partial charge in [0.25, 0.3) is 5.91 Å². The molecule has 0 aliphatic heterocycles. The molecule has 0 aliphatic carbocycles. The Balaban J connectivity index is 3.18. The van der Waals surface area contributed by atoms with Gasteiger partial charge in [-0.25, -0.2) is 0 Å². The Morgan fingerprint density at radius 1 is 1.62 bits per heavy atom. The van der Waals surface area contributed by atoms with Crippen molar-refractivity contribution >= 4 is 11.8 Å². The van der Waals surface area contributed by atoms with E-state index in [1.807, 2.05) is 0 Å². The lowest BCUT2D eigenvalue weighted by molar-refractivity contribution is -0.123. The molecule has 4 nitrogen and oxygen atoms in total. The van der Waals surface area contributed by atoms with Crippen molar-refractivity contribution in [3.05, 3.63) is 0 Å². The Labute approximate surface area is 47.0 Å². The number of amides is 2. The Morgan fingerprint density at radius 2 is 2.12 bits per heavy atom. The standard InChI is InChI=1S/C4H7N2O2/c1-3(7)6-2-4(5)8/h5H,2H2,1H3,(H,6,7). The zero-order valence-electron chi connectivity index (χ0n) is 4.52. The first kappa shape index (κ1) is 6.94. The minimum atomic E-state index is -0.778. The second kappa shape index (κ2) is 3.01. The summed E-state index contributed by atoms with van der Waals surface area (Å²) >= 11 is 0. The van der Waals surface area contributed by atoms with Crippen LogP contribution in [-0.4, -0.2) is 18.4 Å². The first-order chi connectivity index (χ1) is 3.63. The highest BCUT2D eigenvalue weighted by atomic mass is 16.2. The molecule has 4 heteroatoms. The molecule has 0 spiro atoms. The fraction of sp³-hybridized carbons (Fsp3) is 0.500. The molecule has 2 N–H and O–H groups in total. The lowest BCUT2D eigenvalue weighted by Crippen LogP contribution is -2.27. The fourth-order valence-corrected chi connectivity index (χ4v) is 0.205. The van der Waals surface area contributed by atoms with Gasteiger partial charge in [-0.1, -0.05) is 0 Å². The summed E-state index contributed by atoms with van der Waals surface area (Å²) in [6.07, 6.45) is 0. The van der Waals surface area contributed by atoms with Crippen molar-refractivity contribution in [3.63, 3.8) is 0 Å². The summed E-state index contributed by atoms with van der Waals surface area (Å²) in [5.74, 6) is -1.06. The van der Waals surface area contributed by atoms with Crippen molar-refractivity contribution in [3.8, 4) is 0 Å². The molecule has 45 valence electrons. The van der Waals surface area contributed by atoms with Crippen LogP contribution < -0.4 is 11.1 Å². The van der Waals surface area contributed by atoms with Crippen LogP contribution in [0.15, 0.2) is 0 Å². The van der Waals surface area contributed by atoms with E-state index in [1.165, 1.54) is 6.92 Å². The maximum Gasteiger partial charge on any atom is 0.257 e. The van der Waals surface area contributed by atoms with Crippen LogP contribution in [0.2, 0.25) is 0 Å². The summed E-state index contributed by atoms with van der Waals surface area (Å²) in [6, 6.07) is 0. The van der Waals surface area contributed by atoms with E-state index in [0.29, 0.717) is 0 Å². The number of carbonyl (C=O) groups excluding carboxylic acids is 2. The third kappa shape index (κ3) is 4.94. The quantitative estimate of drug-likeness (QED) is 0.498. The van der Waals surface area contributed by atoms with Crippen molar-refractivity contribution in [2.24, 2.45) is 0 Å². The Morgan fingerprint density at radius 3 is 2.25 bits per heavy atom. The van der Waals surface area contributed by atoms with Crippen molar-refractivity contribution in [2.45, 2.75) is 6.92 Å². The predicted molar refractivity (Wildman–Crippen MR) is 26.8 cm³/mol. The Hall–Kier alpha value is -1.06. The molecule has 1 radical (unpaired) electrons. The summed E-state index contributed by atoms with van der Waals surface area (Å²) in [4.78, 5) is 19.8. The molecule has 2 amide bonds. The number of rotatable bonds is 2. The zero-order valence-corrected chi connectivity index (χ0v) is 4.52. The van der Waals surface area contributed by atoms with E-state index in [0.717, 1.165) is 0 Å². The van der Waals surface area contributed by atoms with Gasteiger partial charge >= 0.3 is 0 Å². The minimum Gasteiger partial charge on any atom is -0.347 e. The molecule has 0 aromatic carbocycles. The number of carbonyl (C=O) groups is 2. The monoisotopic (exact) mass is 115 g/mol. The summed E-state index contributed by atoms with van der Waals surface area (Å²) < 4.78 is 0. The number of hydrogen-bond donors (Lipinski definition) is 1. The van der Waals surface area contributed by atoms with Crippen LogP contribution in [0.25, 0.3) is 0 Å². The highest BCUT2D eigenvalue weighted by Crippen LogP contribution is 1.59. The van der Waals surface area contributed by atoms with Gasteiger partial charge in [0.1, 0.15) is 0 Å². The molecule has 0 unspecified atom stereocenters. The van der Waals surface area contributed by atoms with E-state index >= 15 is 0 Å². The third-order valence-corrected chi connectivity index (χ3v) is 0.498. The molecular weight excluding hydrogens is 108 g/mol. The number of nitrogens with one attached hydrogen (secondary N) is 2. The molecule has 0 fully saturated rings. The van der Waals surface area contributed by atoms with Crippen LogP contribution >= 0.6 is 0 Å². The van der Waals surface area contributed by atoms with Gasteiger partial charge in [-0.2, -0.15) is 0 Å². The fourth-order valence-electron chi connectivity index (χ4n) is 0.205. The molecule has 0 aromatic heterocycles. The van der Waals surface area contributed by atoms with E-state index in [-0.39, 0.29) is 12.5 Å². The average Bonchev–Trinajstić information content (AvgIpc) is 1.61. The second-order valence-electron chi connectivity index (χ2n) is 1.33. The Bertz CT molecular complexity index is 96.6. The van der Waals surface area contributed by atoms with E-state index in [1.54, 1.807) is 0 Å². The third-order valence-electron chi connectivity index (χ3n) is 0.498. The molecule has 0 heterocycles. The maximum absolute atomic E-state index is 10.0. The van der Waals surface area contributed by atoms with Crippen molar-refractivity contribution in [2.75, 3.05) is 6.54 Å². The van der Waals surface area contributed by atoms with Gasteiger partial charge in [-0.05, 0) is 0 Å². The van der Waals surface area contributed by atoms with Crippen molar-refractivity contribution < 1.29 is 9.59 Å². The van der Waals surface area contributed by atoms with Crippen LogP contribution in [0.5, 0.6) is 0 Å². The SMILES string of the molecule is CC(=O)NCC([NH])=O. The molecule has 0 rings (SSSR count). The predicted octanol–water partition coefficient (Wildman–Crippen LogP) is -1.07. The van der Waals surface area contributed by atoms with E-state index in [9.17, 15) is 9.59 Å². The molecule has 0 saturated carbocycles. The van der Waals surface area contributed by atoms with Gasteiger partial charge in [0.15, 0.2) is 0 Å². The molecule has 8 heavy (non-hydrogen) atoms. The van der Waals surface area contributed by atoms with E-state index < -0.39 is 5.91 Å². The van der Waals surface area contributed by atoms with Crippen LogP contribution in [-0.2, 0) is 9.59 Å². The van der Waals surface area contributed by atoms with Crippen molar-refractivity contribution in [1.82, 2.24) is 11.1 Å². The van der Waals surface area contributed by atoms with Crippen LogP contribution in [0.1, 0.15) is 6.92 Å². The summed E-state index contributed by atoms with van der Waals surface area (Å²) in [5.41, 5.74) is 6.32. The lowest BCUT2D eigenvalue weighted by Gasteiger charge is -1.92. The molecule has 0 saturated heterocycles. The van der Waals surface area contributed by atoms with Gasteiger partial charge < -0.3 is 5.32 Å². The van der Waals surface area contributed by atoms with Gasteiger partial charge in [0.05, 0.1) is 6.54 Å². The summed E-state index contributed by atoms with van der Waals surface area (Å²) in [7, 11) is 0. The Kier molecular flexibility index (Phi) is 2.61. The van der Waals surface area contributed by atoms with Crippen LogP contribution in [0.3, 0.4) is 0 Å². The van der Waals surface area contributed by atoms with E-state index in [4.69, 9.17) is 5.73 Å². The normalized spacial score (nSPS) is 8.12. The largest absolute Gasteiger partial charge is 0.347 e. The van der Waals surface area contributed by atoms with Crippen LogP contribution in [0.4, 0.5) is 0 Å².